The Bertz CT molecular complexity index is 488. The van der Waals surface area contributed by atoms with E-state index in [0.29, 0.717) is 6.42 Å². The summed E-state index contributed by atoms with van der Waals surface area (Å²) >= 11 is 0. The van der Waals surface area contributed by atoms with Crippen LogP contribution < -0.4 is 10.6 Å². The quantitative estimate of drug-likeness (QED) is 0.888. The first-order valence-corrected chi connectivity index (χ1v) is 7.05. The van der Waals surface area contributed by atoms with Gasteiger partial charge in [0.05, 0.1) is 6.04 Å². The molecule has 104 valence electrons. The van der Waals surface area contributed by atoms with Crippen LogP contribution in [-0.2, 0) is 16.6 Å². The molecule has 0 aliphatic carbocycles. The summed E-state index contributed by atoms with van der Waals surface area (Å²) in [5.74, 6) is 0.0461. The maximum atomic E-state index is 12.2. The van der Waals surface area contributed by atoms with E-state index in [1.54, 1.807) is 0 Å². The fraction of sp³-hybridized carbons (Fsp3) is 0.562. The van der Waals surface area contributed by atoms with Crippen LogP contribution in [0.5, 0.6) is 0 Å². The number of amides is 1. The van der Waals surface area contributed by atoms with E-state index in [1.807, 2.05) is 11.8 Å². The molecule has 0 spiro atoms. The largest absolute Gasteiger partial charge is 0.320 e. The number of carbonyl (C=O) groups excluding carboxylic acids is 1. The van der Waals surface area contributed by atoms with Gasteiger partial charge in [-0.25, -0.2) is 0 Å². The number of rotatable bonds is 2. The number of carbonyl (C=O) groups is 1. The van der Waals surface area contributed by atoms with Crippen LogP contribution in [0.2, 0.25) is 0 Å². The van der Waals surface area contributed by atoms with Crippen molar-refractivity contribution < 1.29 is 4.79 Å². The zero-order valence-electron chi connectivity index (χ0n) is 12.4. The van der Waals surface area contributed by atoms with Crippen molar-refractivity contribution in [3.63, 3.8) is 0 Å². The van der Waals surface area contributed by atoms with Crippen LogP contribution in [0, 0.1) is 0 Å². The van der Waals surface area contributed by atoms with Gasteiger partial charge in [0.2, 0.25) is 5.91 Å². The van der Waals surface area contributed by atoms with E-state index < -0.39 is 0 Å². The second kappa shape index (κ2) is 4.97. The van der Waals surface area contributed by atoms with Gasteiger partial charge in [0.1, 0.15) is 0 Å². The van der Waals surface area contributed by atoms with Crippen LogP contribution in [0.15, 0.2) is 18.2 Å². The molecule has 2 rings (SSSR count). The molecule has 0 radical (unpaired) electrons. The Morgan fingerprint density at radius 1 is 1.42 bits per heavy atom. The molecule has 0 fully saturated rings. The van der Waals surface area contributed by atoms with Gasteiger partial charge < -0.3 is 10.6 Å². The fourth-order valence-electron chi connectivity index (χ4n) is 2.47. The highest BCUT2D eigenvalue weighted by Crippen LogP contribution is 2.33. The number of hydrogen-bond acceptors (Lipinski definition) is 2. The van der Waals surface area contributed by atoms with Gasteiger partial charge in [-0.05, 0) is 35.4 Å². The number of hydrogen-bond donors (Lipinski definition) is 1. The lowest BCUT2D eigenvalue weighted by atomic mass is 9.86. The normalized spacial score (nSPS) is 16.4. The van der Waals surface area contributed by atoms with Crippen LogP contribution in [-0.4, -0.2) is 18.5 Å². The zero-order chi connectivity index (χ0) is 14.2. The minimum atomic E-state index is -0.381. The second-order valence-corrected chi connectivity index (χ2v) is 6.35. The first-order chi connectivity index (χ1) is 8.84. The van der Waals surface area contributed by atoms with E-state index in [4.69, 9.17) is 5.73 Å². The summed E-state index contributed by atoms with van der Waals surface area (Å²) in [6.45, 7) is 9.33. The summed E-state index contributed by atoms with van der Waals surface area (Å²) in [4.78, 5) is 14.1. The van der Waals surface area contributed by atoms with E-state index in [2.05, 4.69) is 39.0 Å². The van der Waals surface area contributed by atoms with E-state index in [-0.39, 0.29) is 17.4 Å². The minimum absolute atomic E-state index is 0.0461. The highest BCUT2D eigenvalue weighted by atomic mass is 16.2. The molecule has 1 heterocycles. The summed E-state index contributed by atoms with van der Waals surface area (Å²) in [5, 5.41) is 0. The monoisotopic (exact) mass is 260 g/mol. The number of nitrogens with two attached hydrogens (primary N) is 1. The molecular weight excluding hydrogens is 236 g/mol. The van der Waals surface area contributed by atoms with Crippen LogP contribution in [0.25, 0.3) is 0 Å². The van der Waals surface area contributed by atoms with E-state index in [9.17, 15) is 4.79 Å². The van der Waals surface area contributed by atoms with Crippen molar-refractivity contribution in [1.29, 1.82) is 0 Å². The molecule has 1 aromatic rings. The van der Waals surface area contributed by atoms with Gasteiger partial charge in [-0.2, -0.15) is 0 Å². The first-order valence-electron chi connectivity index (χ1n) is 7.05. The Hall–Kier alpha value is -1.35. The van der Waals surface area contributed by atoms with Gasteiger partial charge in [0, 0.05) is 12.2 Å². The molecule has 3 heteroatoms. The average Bonchev–Trinajstić information content (AvgIpc) is 2.78. The van der Waals surface area contributed by atoms with Crippen LogP contribution in [0.1, 0.15) is 45.2 Å². The molecule has 1 aromatic carbocycles. The van der Waals surface area contributed by atoms with Gasteiger partial charge in [-0.15, -0.1) is 0 Å². The topological polar surface area (TPSA) is 46.3 Å². The molecule has 1 amide bonds. The van der Waals surface area contributed by atoms with Crippen molar-refractivity contribution in [2.75, 3.05) is 11.4 Å². The third kappa shape index (κ3) is 2.66. The molecule has 0 bridgehead atoms. The molecule has 0 aromatic heterocycles. The lowest BCUT2D eigenvalue weighted by Gasteiger charge is -2.23. The average molecular weight is 260 g/mol. The highest BCUT2D eigenvalue weighted by Gasteiger charge is 2.28. The van der Waals surface area contributed by atoms with Crippen molar-refractivity contribution in [3.05, 3.63) is 29.3 Å². The summed E-state index contributed by atoms with van der Waals surface area (Å²) in [5.41, 5.74) is 9.64. The maximum Gasteiger partial charge on any atom is 0.243 e. The summed E-state index contributed by atoms with van der Waals surface area (Å²) in [6.07, 6.45) is 1.62. The number of anilines is 1. The molecule has 3 nitrogen and oxygen atoms in total. The molecule has 1 aliphatic heterocycles. The first kappa shape index (κ1) is 14.1. The summed E-state index contributed by atoms with van der Waals surface area (Å²) < 4.78 is 0. The van der Waals surface area contributed by atoms with Crippen molar-refractivity contribution in [2.45, 2.75) is 52.0 Å². The van der Waals surface area contributed by atoms with E-state index >= 15 is 0 Å². The van der Waals surface area contributed by atoms with Crippen molar-refractivity contribution in [3.8, 4) is 0 Å². The van der Waals surface area contributed by atoms with Crippen molar-refractivity contribution in [2.24, 2.45) is 5.73 Å². The number of benzene rings is 1. The summed E-state index contributed by atoms with van der Waals surface area (Å²) in [7, 11) is 0. The van der Waals surface area contributed by atoms with Gasteiger partial charge in [-0.1, -0.05) is 39.8 Å². The third-order valence-corrected chi connectivity index (χ3v) is 3.86. The predicted molar refractivity (Wildman–Crippen MR) is 79.5 cm³/mol. The maximum absolute atomic E-state index is 12.2. The Balaban J connectivity index is 2.30. The molecule has 0 unspecified atom stereocenters. The SMILES string of the molecule is CC[C@H](N)C(=O)N1CCc2cc(C(C)(C)C)ccc21. The van der Waals surface area contributed by atoms with Gasteiger partial charge >= 0.3 is 0 Å². The van der Waals surface area contributed by atoms with Crippen molar-refractivity contribution >= 4 is 11.6 Å². The Morgan fingerprint density at radius 3 is 2.68 bits per heavy atom. The standard InChI is InChI=1S/C16H24N2O/c1-5-13(17)15(19)18-9-8-11-10-12(16(2,3)4)6-7-14(11)18/h6-7,10,13H,5,8-9,17H2,1-4H3/t13-/m0/s1. The highest BCUT2D eigenvalue weighted by molar-refractivity contribution is 5.98. The lowest BCUT2D eigenvalue weighted by Crippen LogP contribution is -2.42. The number of nitrogens with zero attached hydrogens (tertiary/aromatic N) is 1. The molecule has 0 saturated heterocycles. The van der Waals surface area contributed by atoms with Gasteiger partial charge in [0.25, 0.3) is 0 Å². The van der Waals surface area contributed by atoms with Gasteiger partial charge in [-0.3, -0.25) is 4.79 Å². The third-order valence-electron chi connectivity index (χ3n) is 3.86. The second-order valence-electron chi connectivity index (χ2n) is 6.35. The van der Waals surface area contributed by atoms with Crippen molar-refractivity contribution in [1.82, 2.24) is 0 Å². The van der Waals surface area contributed by atoms with Crippen LogP contribution in [0.3, 0.4) is 0 Å². The Morgan fingerprint density at radius 2 is 2.11 bits per heavy atom. The van der Waals surface area contributed by atoms with Gasteiger partial charge in [0.15, 0.2) is 0 Å². The summed E-state index contributed by atoms with van der Waals surface area (Å²) in [6, 6.07) is 6.05. The molecular formula is C16H24N2O. The fourth-order valence-corrected chi connectivity index (χ4v) is 2.47. The smallest absolute Gasteiger partial charge is 0.243 e. The number of fused-ring (bicyclic) bond motifs is 1. The molecule has 0 saturated carbocycles. The lowest BCUT2D eigenvalue weighted by molar-refractivity contribution is -0.119. The minimum Gasteiger partial charge on any atom is -0.320 e. The predicted octanol–water partition coefficient (Wildman–Crippen LogP) is 2.61. The molecule has 1 aliphatic rings. The molecule has 19 heavy (non-hydrogen) atoms. The Kier molecular flexibility index (Phi) is 3.68. The van der Waals surface area contributed by atoms with E-state index in [0.717, 1.165) is 18.7 Å². The molecule has 1 atom stereocenters. The van der Waals surface area contributed by atoms with Crippen LogP contribution >= 0.6 is 0 Å². The van der Waals surface area contributed by atoms with Crippen LogP contribution in [0.4, 0.5) is 5.69 Å². The van der Waals surface area contributed by atoms with E-state index in [1.165, 1.54) is 11.1 Å². The molecule has 2 N–H and O–H groups in total. The zero-order valence-corrected chi connectivity index (χ0v) is 12.4. The Labute approximate surface area is 115 Å².